The van der Waals surface area contributed by atoms with Crippen molar-refractivity contribution in [1.82, 2.24) is 4.90 Å². The van der Waals surface area contributed by atoms with Crippen LogP contribution in [0.1, 0.15) is 54.9 Å². The van der Waals surface area contributed by atoms with Crippen molar-refractivity contribution in [3.05, 3.63) is 12.2 Å². The third-order valence-corrected chi connectivity index (χ3v) is 4.03. The highest BCUT2D eigenvalue weighted by molar-refractivity contribution is 5.86. The number of ketones is 1. The van der Waals surface area contributed by atoms with Crippen LogP contribution in [0.2, 0.25) is 0 Å². The van der Waals surface area contributed by atoms with E-state index >= 15 is 0 Å². The zero-order valence-electron chi connectivity index (χ0n) is 15.4. The average Bonchev–Trinajstić information content (AvgIpc) is 2.42. The second-order valence-electron chi connectivity index (χ2n) is 6.62. The molecule has 0 aromatic carbocycles. The molecule has 4 nitrogen and oxygen atoms in total. The predicted molar refractivity (Wildman–Crippen MR) is 90.7 cm³/mol. The number of ether oxygens (including phenoxy) is 1. The van der Waals surface area contributed by atoms with Gasteiger partial charge < -0.3 is 4.74 Å². The van der Waals surface area contributed by atoms with Crippen LogP contribution in [0.25, 0.3) is 0 Å². The van der Waals surface area contributed by atoms with Crippen LogP contribution < -0.4 is 0 Å². The van der Waals surface area contributed by atoms with Gasteiger partial charge in [-0.15, -0.1) is 0 Å². The minimum absolute atomic E-state index is 0.0778. The standard InChI is InChI=1S/C18H33NO3/c1-9-10-11-14(6)18(22-15(7)20)16(17(21)12(2)3)19(8)13(4)5/h9-10,12-14,16,18H,11H2,1-8H3/b10-9+/t14-,16?,18?/m1/s1. The number of carbonyl (C=O) groups is 2. The van der Waals surface area contributed by atoms with Crippen molar-refractivity contribution in [2.24, 2.45) is 11.8 Å². The summed E-state index contributed by atoms with van der Waals surface area (Å²) < 4.78 is 5.58. The first-order valence-electron chi connectivity index (χ1n) is 8.17. The lowest BCUT2D eigenvalue weighted by Gasteiger charge is -2.38. The first kappa shape index (κ1) is 20.8. The summed E-state index contributed by atoms with van der Waals surface area (Å²) in [7, 11) is 1.93. The topological polar surface area (TPSA) is 46.6 Å². The van der Waals surface area contributed by atoms with E-state index in [2.05, 4.69) is 0 Å². The summed E-state index contributed by atoms with van der Waals surface area (Å²) in [5, 5.41) is 0. The minimum atomic E-state index is -0.434. The Balaban J connectivity index is 5.60. The minimum Gasteiger partial charge on any atom is -0.460 e. The monoisotopic (exact) mass is 311 g/mol. The predicted octanol–water partition coefficient (Wildman–Crippen LogP) is 3.45. The van der Waals surface area contributed by atoms with E-state index in [0.717, 1.165) is 6.42 Å². The molecular formula is C18H33NO3. The normalized spacial score (nSPS) is 16.3. The molecular weight excluding hydrogens is 278 g/mol. The molecule has 0 saturated carbocycles. The van der Waals surface area contributed by atoms with Crippen LogP contribution >= 0.6 is 0 Å². The lowest BCUT2D eigenvalue weighted by molar-refractivity contribution is -0.157. The van der Waals surface area contributed by atoms with Gasteiger partial charge in [-0.2, -0.15) is 0 Å². The third kappa shape index (κ3) is 6.30. The van der Waals surface area contributed by atoms with Crippen molar-refractivity contribution < 1.29 is 14.3 Å². The smallest absolute Gasteiger partial charge is 0.302 e. The number of likely N-dealkylation sites (N-methyl/N-ethyl adjacent to an activating group) is 1. The largest absolute Gasteiger partial charge is 0.460 e. The van der Waals surface area contributed by atoms with Crippen LogP contribution in [0.15, 0.2) is 12.2 Å². The fourth-order valence-electron chi connectivity index (χ4n) is 2.43. The number of allylic oxidation sites excluding steroid dienone is 2. The van der Waals surface area contributed by atoms with Crippen molar-refractivity contribution in [3.8, 4) is 0 Å². The molecule has 0 saturated heterocycles. The maximum absolute atomic E-state index is 12.7. The number of carbonyl (C=O) groups excluding carboxylic acids is 2. The average molecular weight is 311 g/mol. The molecule has 0 fully saturated rings. The molecule has 0 radical (unpaired) electrons. The zero-order chi connectivity index (χ0) is 17.4. The Labute approximate surface area is 135 Å². The van der Waals surface area contributed by atoms with E-state index in [1.807, 2.05) is 65.6 Å². The van der Waals surface area contributed by atoms with E-state index in [4.69, 9.17) is 4.74 Å². The van der Waals surface area contributed by atoms with E-state index in [-0.39, 0.29) is 29.6 Å². The molecule has 22 heavy (non-hydrogen) atoms. The summed E-state index contributed by atoms with van der Waals surface area (Å²) in [6.45, 7) is 13.3. The molecule has 128 valence electrons. The second-order valence-corrected chi connectivity index (χ2v) is 6.62. The van der Waals surface area contributed by atoms with Gasteiger partial charge in [-0.1, -0.05) is 32.9 Å². The second kappa shape index (κ2) is 9.78. The van der Waals surface area contributed by atoms with E-state index in [1.54, 1.807) is 0 Å². The molecule has 2 unspecified atom stereocenters. The molecule has 4 heteroatoms. The number of Topliss-reactive ketones (excluding diaryl/α,β-unsaturated/α-hetero) is 1. The Kier molecular flexibility index (Phi) is 9.26. The molecule has 0 aliphatic heterocycles. The lowest BCUT2D eigenvalue weighted by atomic mass is 9.87. The van der Waals surface area contributed by atoms with Gasteiger partial charge in [-0.05, 0) is 40.2 Å². The van der Waals surface area contributed by atoms with Crippen LogP contribution in [0, 0.1) is 11.8 Å². The fourth-order valence-corrected chi connectivity index (χ4v) is 2.43. The van der Waals surface area contributed by atoms with Gasteiger partial charge in [0.1, 0.15) is 12.1 Å². The molecule has 0 amide bonds. The SMILES string of the molecule is C/C=C/C[C@@H](C)C(OC(C)=O)C(C(=O)C(C)C)N(C)C(C)C. The van der Waals surface area contributed by atoms with Crippen molar-refractivity contribution in [3.63, 3.8) is 0 Å². The maximum Gasteiger partial charge on any atom is 0.302 e. The highest BCUT2D eigenvalue weighted by atomic mass is 16.5. The molecule has 0 rings (SSSR count). The number of rotatable bonds is 9. The van der Waals surface area contributed by atoms with Crippen molar-refractivity contribution in [1.29, 1.82) is 0 Å². The van der Waals surface area contributed by atoms with Gasteiger partial charge in [0.05, 0.1) is 0 Å². The third-order valence-electron chi connectivity index (χ3n) is 4.03. The Morgan fingerprint density at radius 2 is 1.68 bits per heavy atom. The van der Waals surface area contributed by atoms with Crippen LogP contribution in [0.3, 0.4) is 0 Å². The summed E-state index contributed by atoms with van der Waals surface area (Å²) in [5.41, 5.74) is 0. The van der Waals surface area contributed by atoms with Gasteiger partial charge in [0, 0.05) is 18.9 Å². The van der Waals surface area contributed by atoms with Crippen LogP contribution in [0.5, 0.6) is 0 Å². The molecule has 0 aliphatic carbocycles. The number of hydrogen-bond donors (Lipinski definition) is 0. The Morgan fingerprint density at radius 1 is 1.14 bits per heavy atom. The first-order chi connectivity index (χ1) is 10.1. The van der Waals surface area contributed by atoms with Gasteiger partial charge in [-0.25, -0.2) is 0 Å². The van der Waals surface area contributed by atoms with E-state index in [1.165, 1.54) is 6.92 Å². The highest BCUT2D eigenvalue weighted by Crippen LogP contribution is 2.24. The van der Waals surface area contributed by atoms with Crippen LogP contribution in [-0.4, -0.2) is 41.9 Å². The number of hydrogen-bond acceptors (Lipinski definition) is 4. The highest BCUT2D eigenvalue weighted by Gasteiger charge is 2.38. The molecule has 0 aromatic rings. The van der Waals surface area contributed by atoms with Gasteiger partial charge in [0.25, 0.3) is 0 Å². The van der Waals surface area contributed by atoms with E-state index < -0.39 is 12.1 Å². The molecule has 0 heterocycles. The zero-order valence-corrected chi connectivity index (χ0v) is 15.4. The molecule has 3 atom stereocenters. The molecule has 0 aromatic heterocycles. The maximum atomic E-state index is 12.7. The Morgan fingerprint density at radius 3 is 2.05 bits per heavy atom. The number of esters is 1. The lowest BCUT2D eigenvalue weighted by Crippen LogP contribution is -2.54. The molecule has 0 aliphatic rings. The van der Waals surface area contributed by atoms with Crippen molar-refractivity contribution >= 4 is 11.8 Å². The molecule has 0 N–H and O–H groups in total. The number of nitrogens with zero attached hydrogens (tertiary/aromatic N) is 1. The van der Waals surface area contributed by atoms with Gasteiger partial charge in [-0.3, -0.25) is 14.5 Å². The van der Waals surface area contributed by atoms with E-state index in [0.29, 0.717) is 0 Å². The Bertz CT molecular complexity index is 388. The van der Waals surface area contributed by atoms with Crippen molar-refractivity contribution in [2.45, 2.75) is 73.1 Å². The van der Waals surface area contributed by atoms with Crippen LogP contribution in [-0.2, 0) is 14.3 Å². The summed E-state index contributed by atoms with van der Waals surface area (Å²) in [5.74, 6) is -0.238. The van der Waals surface area contributed by atoms with Crippen molar-refractivity contribution in [2.75, 3.05) is 7.05 Å². The quantitative estimate of drug-likeness (QED) is 0.483. The van der Waals surface area contributed by atoms with E-state index in [9.17, 15) is 9.59 Å². The summed E-state index contributed by atoms with van der Waals surface area (Å²) in [4.78, 5) is 26.3. The van der Waals surface area contributed by atoms with Gasteiger partial charge >= 0.3 is 5.97 Å². The van der Waals surface area contributed by atoms with Gasteiger partial charge in [0.2, 0.25) is 0 Å². The summed E-state index contributed by atoms with van der Waals surface area (Å²) >= 11 is 0. The van der Waals surface area contributed by atoms with Gasteiger partial charge in [0.15, 0.2) is 5.78 Å². The summed E-state index contributed by atoms with van der Waals surface area (Å²) in [6.07, 6.45) is 4.37. The first-order valence-corrected chi connectivity index (χ1v) is 8.17. The Hall–Kier alpha value is -1.16. The molecule has 0 bridgehead atoms. The van der Waals surface area contributed by atoms with Crippen LogP contribution in [0.4, 0.5) is 0 Å². The fraction of sp³-hybridized carbons (Fsp3) is 0.778. The molecule has 0 spiro atoms. The summed E-state index contributed by atoms with van der Waals surface area (Å²) in [6, 6.07) is -0.219.